The minimum Gasteiger partial charge on any atom is -0.451 e. The summed E-state index contributed by atoms with van der Waals surface area (Å²) in [5, 5.41) is 6.14. The van der Waals surface area contributed by atoms with Gasteiger partial charge in [0.2, 0.25) is 0 Å². The van der Waals surface area contributed by atoms with Crippen LogP contribution in [0.3, 0.4) is 0 Å². The first-order valence-electron chi connectivity index (χ1n) is 8.09. The summed E-state index contributed by atoms with van der Waals surface area (Å²) in [5.41, 5.74) is -0.271. The monoisotopic (exact) mass is 415 g/mol. The van der Waals surface area contributed by atoms with E-state index in [1.807, 2.05) is 6.92 Å². The second-order valence-corrected chi connectivity index (χ2v) is 5.84. The summed E-state index contributed by atoms with van der Waals surface area (Å²) in [6.45, 7) is -1.47. The number of amides is 1. The summed E-state index contributed by atoms with van der Waals surface area (Å²) >= 11 is 5.79. The van der Waals surface area contributed by atoms with Crippen molar-refractivity contribution in [3.05, 3.63) is 51.4 Å². The molecule has 0 bridgehead atoms. The number of alkyl halides is 2. The van der Waals surface area contributed by atoms with Crippen molar-refractivity contribution in [2.45, 2.75) is 26.5 Å². The molecule has 0 saturated carbocycles. The SMILES string of the molecule is CCCn1nc(C(=O)OCC(=O)Nc2ccc(OC(F)F)c(Cl)c2)ccc1=O. The lowest BCUT2D eigenvalue weighted by atomic mass is 10.3. The van der Waals surface area contributed by atoms with Crippen molar-refractivity contribution in [2.75, 3.05) is 11.9 Å². The molecule has 1 aromatic carbocycles. The fourth-order valence-electron chi connectivity index (χ4n) is 2.10. The standard InChI is InChI=1S/C17H16ClF2N3O5/c1-2-7-23-15(25)6-4-12(22-23)16(26)27-9-14(24)21-10-3-5-13(11(18)8-10)28-17(19)20/h3-6,8,17H,2,7,9H2,1H3,(H,21,24). The number of ether oxygens (including phenoxy) is 2. The molecule has 0 spiro atoms. The normalized spacial score (nSPS) is 10.6. The summed E-state index contributed by atoms with van der Waals surface area (Å²) in [6, 6.07) is 6.06. The van der Waals surface area contributed by atoms with Gasteiger partial charge in [0.25, 0.3) is 11.5 Å². The van der Waals surface area contributed by atoms with E-state index in [1.165, 1.54) is 24.3 Å². The van der Waals surface area contributed by atoms with E-state index in [0.29, 0.717) is 13.0 Å². The molecule has 0 saturated heterocycles. The third-order valence-corrected chi connectivity index (χ3v) is 3.57. The van der Waals surface area contributed by atoms with Gasteiger partial charge in [0.05, 0.1) is 5.02 Å². The van der Waals surface area contributed by atoms with Crippen LogP contribution in [0, 0.1) is 0 Å². The number of carbonyl (C=O) groups excluding carboxylic acids is 2. The zero-order valence-electron chi connectivity index (χ0n) is 14.7. The second-order valence-electron chi connectivity index (χ2n) is 5.43. The van der Waals surface area contributed by atoms with Crippen LogP contribution < -0.4 is 15.6 Å². The van der Waals surface area contributed by atoms with E-state index >= 15 is 0 Å². The molecule has 150 valence electrons. The molecule has 8 nitrogen and oxygen atoms in total. The van der Waals surface area contributed by atoms with Gasteiger partial charge in [-0.25, -0.2) is 9.48 Å². The Kier molecular flexibility index (Phi) is 7.44. The second kappa shape index (κ2) is 9.79. The van der Waals surface area contributed by atoms with Gasteiger partial charge >= 0.3 is 12.6 Å². The number of nitrogens with one attached hydrogen (secondary N) is 1. The van der Waals surface area contributed by atoms with Crippen LogP contribution in [0.2, 0.25) is 5.02 Å². The lowest BCUT2D eigenvalue weighted by molar-refractivity contribution is -0.119. The number of anilines is 1. The first kappa shape index (κ1) is 21.3. The molecule has 0 aliphatic rings. The van der Waals surface area contributed by atoms with E-state index < -0.39 is 25.1 Å². The first-order chi connectivity index (χ1) is 13.3. The zero-order valence-corrected chi connectivity index (χ0v) is 15.4. The molecular formula is C17H16ClF2N3O5. The van der Waals surface area contributed by atoms with Gasteiger partial charge in [-0.3, -0.25) is 9.59 Å². The molecule has 1 N–H and O–H groups in total. The largest absolute Gasteiger partial charge is 0.451 e. The number of hydrogen-bond donors (Lipinski definition) is 1. The van der Waals surface area contributed by atoms with Crippen LogP contribution in [0.1, 0.15) is 23.8 Å². The molecule has 0 atom stereocenters. The van der Waals surface area contributed by atoms with E-state index in [4.69, 9.17) is 16.3 Å². The summed E-state index contributed by atoms with van der Waals surface area (Å²) in [7, 11) is 0. The molecule has 1 heterocycles. The molecule has 2 aromatic rings. The average molecular weight is 416 g/mol. The van der Waals surface area contributed by atoms with Crippen LogP contribution in [-0.2, 0) is 16.1 Å². The van der Waals surface area contributed by atoms with Crippen LogP contribution in [0.5, 0.6) is 5.75 Å². The number of nitrogens with zero attached hydrogens (tertiary/aromatic N) is 2. The summed E-state index contributed by atoms with van der Waals surface area (Å²) in [6.07, 6.45) is 0.650. The highest BCUT2D eigenvalue weighted by Gasteiger charge is 2.14. The van der Waals surface area contributed by atoms with Gasteiger partial charge in [-0.2, -0.15) is 13.9 Å². The fourth-order valence-corrected chi connectivity index (χ4v) is 2.33. The van der Waals surface area contributed by atoms with Crippen LogP contribution in [0.25, 0.3) is 0 Å². The van der Waals surface area contributed by atoms with Gasteiger partial charge in [-0.1, -0.05) is 18.5 Å². The highest BCUT2D eigenvalue weighted by Crippen LogP contribution is 2.28. The topological polar surface area (TPSA) is 99.5 Å². The Balaban J connectivity index is 1.93. The minimum absolute atomic E-state index is 0.114. The number of rotatable bonds is 8. The van der Waals surface area contributed by atoms with Gasteiger partial charge in [-0.05, 0) is 30.7 Å². The van der Waals surface area contributed by atoms with Crippen LogP contribution in [-0.4, -0.2) is 34.9 Å². The molecule has 0 fully saturated rings. The van der Waals surface area contributed by atoms with Crippen LogP contribution in [0.15, 0.2) is 35.1 Å². The number of esters is 1. The molecule has 11 heteroatoms. The lowest BCUT2D eigenvalue weighted by Gasteiger charge is -2.10. The third-order valence-electron chi connectivity index (χ3n) is 3.28. The van der Waals surface area contributed by atoms with Crippen molar-refractivity contribution in [2.24, 2.45) is 0 Å². The number of benzene rings is 1. The molecule has 2 rings (SSSR count). The summed E-state index contributed by atoms with van der Waals surface area (Å²) in [5.74, 6) is -1.80. The Morgan fingerprint density at radius 2 is 2.04 bits per heavy atom. The molecule has 1 aromatic heterocycles. The lowest BCUT2D eigenvalue weighted by Crippen LogP contribution is -2.26. The van der Waals surface area contributed by atoms with Gasteiger partial charge in [0.1, 0.15) is 5.75 Å². The van der Waals surface area contributed by atoms with Crippen LogP contribution >= 0.6 is 11.6 Å². The van der Waals surface area contributed by atoms with E-state index in [1.54, 1.807) is 0 Å². The first-order valence-corrected chi connectivity index (χ1v) is 8.47. The van der Waals surface area contributed by atoms with E-state index in [2.05, 4.69) is 15.2 Å². The van der Waals surface area contributed by atoms with E-state index in [0.717, 1.165) is 10.7 Å². The number of hydrogen-bond acceptors (Lipinski definition) is 6. The van der Waals surface area contributed by atoms with Crippen molar-refractivity contribution < 1.29 is 27.8 Å². The smallest absolute Gasteiger partial charge is 0.387 e. The van der Waals surface area contributed by atoms with Crippen molar-refractivity contribution in [1.82, 2.24) is 9.78 Å². The molecule has 28 heavy (non-hydrogen) atoms. The highest BCUT2D eigenvalue weighted by molar-refractivity contribution is 6.32. The Morgan fingerprint density at radius 3 is 2.68 bits per heavy atom. The number of aryl methyl sites for hydroxylation is 1. The van der Waals surface area contributed by atoms with Crippen molar-refractivity contribution >= 4 is 29.2 Å². The summed E-state index contributed by atoms with van der Waals surface area (Å²) in [4.78, 5) is 35.5. The highest BCUT2D eigenvalue weighted by atomic mass is 35.5. The fraction of sp³-hybridized carbons (Fsp3) is 0.294. The maximum atomic E-state index is 12.2. The van der Waals surface area contributed by atoms with Crippen LogP contribution in [0.4, 0.5) is 14.5 Å². The van der Waals surface area contributed by atoms with Gasteiger partial charge in [0, 0.05) is 18.3 Å². The minimum atomic E-state index is -3.03. The van der Waals surface area contributed by atoms with Crippen molar-refractivity contribution in [3.8, 4) is 5.75 Å². The number of carbonyl (C=O) groups is 2. The Morgan fingerprint density at radius 1 is 1.29 bits per heavy atom. The Hall–Kier alpha value is -3.01. The molecular weight excluding hydrogens is 400 g/mol. The van der Waals surface area contributed by atoms with Gasteiger partial charge in [-0.15, -0.1) is 0 Å². The van der Waals surface area contributed by atoms with Crippen molar-refractivity contribution in [1.29, 1.82) is 0 Å². The van der Waals surface area contributed by atoms with E-state index in [-0.39, 0.29) is 27.7 Å². The summed E-state index contributed by atoms with van der Waals surface area (Å²) < 4.78 is 34.6. The van der Waals surface area contributed by atoms with E-state index in [9.17, 15) is 23.2 Å². The maximum Gasteiger partial charge on any atom is 0.387 e. The maximum absolute atomic E-state index is 12.2. The molecule has 0 aliphatic carbocycles. The molecule has 1 amide bonds. The predicted molar refractivity (Wildman–Crippen MR) is 95.8 cm³/mol. The number of aromatic nitrogens is 2. The van der Waals surface area contributed by atoms with Crippen molar-refractivity contribution in [3.63, 3.8) is 0 Å². The molecule has 0 unspecified atom stereocenters. The van der Waals surface area contributed by atoms with Gasteiger partial charge in [0.15, 0.2) is 12.3 Å². The molecule has 0 aliphatic heterocycles. The van der Waals surface area contributed by atoms with Gasteiger partial charge < -0.3 is 14.8 Å². The predicted octanol–water partition coefficient (Wildman–Crippen LogP) is 2.70. The third kappa shape index (κ3) is 6.02. The Bertz CT molecular complexity index is 920. The average Bonchev–Trinajstić information content (AvgIpc) is 2.63. The Labute approximate surface area is 163 Å². The number of halogens is 3. The zero-order chi connectivity index (χ0) is 20.7. The molecule has 0 radical (unpaired) electrons. The quantitative estimate of drug-likeness (QED) is 0.665.